The maximum Gasteiger partial charge on any atom is 0.318 e. The summed E-state index contributed by atoms with van der Waals surface area (Å²) in [5.41, 5.74) is 4.25. The molecule has 32 heavy (non-hydrogen) atoms. The Labute approximate surface area is 188 Å². The molecule has 3 N–H and O–H groups in total. The molecular weight excluding hydrogens is 406 g/mol. The van der Waals surface area contributed by atoms with Gasteiger partial charge in [0.25, 0.3) is 0 Å². The van der Waals surface area contributed by atoms with E-state index < -0.39 is 0 Å². The Hall–Kier alpha value is -3.04. The highest BCUT2D eigenvalue weighted by Gasteiger charge is 2.31. The zero-order valence-corrected chi connectivity index (χ0v) is 18.5. The first-order valence-corrected chi connectivity index (χ1v) is 11.4. The second-order valence-electron chi connectivity index (χ2n) is 8.39. The highest BCUT2D eigenvalue weighted by Crippen LogP contribution is 2.33. The van der Waals surface area contributed by atoms with Gasteiger partial charge in [-0.25, -0.2) is 9.79 Å². The summed E-state index contributed by atoms with van der Waals surface area (Å²) in [7, 11) is 1.61. The normalized spacial score (nSPS) is 19.3. The van der Waals surface area contributed by atoms with Gasteiger partial charge in [-0.2, -0.15) is 0 Å². The van der Waals surface area contributed by atoms with Gasteiger partial charge >= 0.3 is 6.03 Å². The summed E-state index contributed by atoms with van der Waals surface area (Å²) in [6.45, 7) is 6.03. The highest BCUT2D eigenvalue weighted by atomic mass is 16.5. The van der Waals surface area contributed by atoms with Gasteiger partial charge in [0, 0.05) is 49.9 Å². The first kappa shape index (κ1) is 20.8. The predicted octanol–water partition coefficient (Wildman–Crippen LogP) is 1.84. The number of benzene rings is 1. The molecule has 1 aromatic carbocycles. The van der Waals surface area contributed by atoms with Crippen LogP contribution in [0, 0.1) is 0 Å². The number of piperidine rings is 1. The second kappa shape index (κ2) is 9.22. The largest absolute Gasteiger partial charge is 0.378 e. The fourth-order valence-corrected chi connectivity index (χ4v) is 4.69. The summed E-state index contributed by atoms with van der Waals surface area (Å²) in [4.78, 5) is 21.4. The standard InChI is InChI=1S/C23H31N7O2/c1-24-23(31)27-17-2-4-18(5-3-17)29-14-20-21(15-29)30(19-6-8-25-9-7-19)16-26-22(20)28-10-12-32-13-11-28/h2-5,14-15,19,25H,6-13,16H2,1H3,(H2,24,27,31). The number of hydrogen-bond donors (Lipinski definition) is 3. The summed E-state index contributed by atoms with van der Waals surface area (Å²) in [6.07, 6.45) is 6.69. The fraction of sp³-hybridized carbons (Fsp3) is 0.478. The molecular formula is C23H31N7O2. The average Bonchev–Trinajstić information content (AvgIpc) is 3.30. The summed E-state index contributed by atoms with van der Waals surface area (Å²) in [5.74, 6) is 1.07. The molecule has 3 aliphatic heterocycles. The first-order chi connectivity index (χ1) is 15.7. The number of amidine groups is 1. The third-order valence-electron chi connectivity index (χ3n) is 6.44. The van der Waals surface area contributed by atoms with E-state index >= 15 is 0 Å². The van der Waals surface area contributed by atoms with Crippen LogP contribution in [-0.4, -0.2) is 80.5 Å². The van der Waals surface area contributed by atoms with E-state index in [1.54, 1.807) is 7.05 Å². The molecule has 2 saturated heterocycles. The molecule has 0 atom stereocenters. The molecule has 0 bridgehead atoms. The van der Waals surface area contributed by atoms with Crippen molar-refractivity contribution in [1.82, 2.24) is 20.1 Å². The van der Waals surface area contributed by atoms with Crippen molar-refractivity contribution in [1.29, 1.82) is 0 Å². The van der Waals surface area contributed by atoms with Gasteiger partial charge in [-0.05, 0) is 50.2 Å². The topological polar surface area (TPSA) is 86.2 Å². The number of morpholine rings is 1. The van der Waals surface area contributed by atoms with E-state index in [1.165, 1.54) is 11.3 Å². The number of aromatic nitrogens is 1. The first-order valence-electron chi connectivity index (χ1n) is 11.4. The molecule has 4 heterocycles. The van der Waals surface area contributed by atoms with E-state index in [0.717, 1.165) is 69.4 Å². The van der Waals surface area contributed by atoms with Gasteiger partial charge in [-0.3, -0.25) is 0 Å². The van der Waals surface area contributed by atoms with Crippen LogP contribution in [0.3, 0.4) is 0 Å². The molecule has 3 aliphatic rings. The lowest BCUT2D eigenvalue weighted by atomic mass is 10.0. The van der Waals surface area contributed by atoms with Crippen molar-refractivity contribution in [3.05, 3.63) is 42.2 Å². The Morgan fingerprint density at radius 1 is 1.12 bits per heavy atom. The van der Waals surface area contributed by atoms with Gasteiger partial charge in [0.05, 0.1) is 24.5 Å². The van der Waals surface area contributed by atoms with Gasteiger partial charge in [0.15, 0.2) is 0 Å². The molecule has 0 unspecified atom stereocenters. The van der Waals surface area contributed by atoms with Crippen LogP contribution in [0.25, 0.3) is 5.69 Å². The Morgan fingerprint density at radius 3 is 2.59 bits per heavy atom. The number of carbonyl (C=O) groups is 1. The predicted molar refractivity (Wildman–Crippen MR) is 126 cm³/mol. The summed E-state index contributed by atoms with van der Waals surface area (Å²) < 4.78 is 7.73. The maximum atomic E-state index is 11.6. The van der Waals surface area contributed by atoms with Gasteiger partial charge < -0.3 is 35.1 Å². The number of ether oxygens (including phenoxy) is 1. The molecule has 0 saturated carbocycles. The highest BCUT2D eigenvalue weighted by molar-refractivity contribution is 6.05. The number of fused-ring (bicyclic) bond motifs is 1. The number of hydrogen-bond acceptors (Lipinski definition) is 6. The van der Waals surface area contributed by atoms with Crippen molar-refractivity contribution < 1.29 is 9.53 Å². The lowest BCUT2D eigenvalue weighted by Crippen LogP contribution is -2.48. The Bertz CT molecular complexity index is 973. The van der Waals surface area contributed by atoms with Gasteiger partial charge in [0.1, 0.15) is 12.5 Å². The van der Waals surface area contributed by atoms with Crippen molar-refractivity contribution in [2.45, 2.75) is 18.9 Å². The zero-order chi connectivity index (χ0) is 21.9. The van der Waals surface area contributed by atoms with Gasteiger partial charge in [-0.1, -0.05) is 0 Å². The molecule has 0 radical (unpaired) electrons. The molecule has 170 valence electrons. The smallest absolute Gasteiger partial charge is 0.318 e. The summed E-state index contributed by atoms with van der Waals surface area (Å²) >= 11 is 0. The number of urea groups is 1. The minimum atomic E-state index is -0.224. The minimum absolute atomic E-state index is 0.224. The average molecular weight is 438 g/mol. The Balaban J connectivity index is 1.46. The van der Waals surface area contributed by atoms with Gasteiger partial charge in [0.2, 0.25) is 0 Å². The van der Waals surface area contributed by atoms with E-state index in [0.29, 0.717) is 12.7 Å². The number of aliphatic imine (C=N–C) groups is 1. The van der Waals surface area contributed by atoms with E-state index in [9.17, 15) is 4.79 Å². The van der Waals surface area contributed by atoms with Gasteiger partial charge in [-0.15, -0.1) is 0 Å². The van der Waals surface area contributed by atoms with E-state index in [1.807, 2.05) is 24.3 Å². The van der Waals surface area contributed by atoms with Crippen LogP contribution in [0.15, 0.2) is 41.7 Å². The monoisotopic (exact) mass is 437 g/mol. The van der Waals surface area contributed by atoms with Crippen LogP contribution >= 0.6 is 0 Å². The van der Waals surface area contributed by atoms with E-state index in [2.05, 4.69) is 42.7 Å². The molecule has 0 aliphatic carbocycles. The molecule has 2 fully saturated rings. The lowest BCUT2D eigenvalue weighted by Gasteiger charge is -2.39. The Kier molecular flexibility index (Phi) is 6.00. The van der Waals surface area contributed by atoms with E-state index in [4.69, 9.17) is 9.73 Å². The summed E-state index contributed by atoms with van der Waals surface area (Å²) in [5, 5.41) is 8.85. The quantitative estimate of drug-likeness (QED) is 0.682. The molecule has 0 spiro atoms. The van der Waals surface area contributed by atoms with Crippen molar-refractivity contribution in [3.8, 4) is 5.69 Å². The Morgan fingerprint density at radius 2 is 1.88 bits per heavy atom. The van der Waals surface area contributed by atoms with Crippen LogP contribution in [-0.2, 0) is 4.74 Å². The van der Waals surface area contributed by atoms with Crippen LogP contribution in [0.2, 0.25) is 0 Å². The molecule has 2 aromatic rings. The van der Waals surface area contributed by atoms with Crippen LogP contribution in [0.1, 0.15) is 18.4 Å². The molecule has 2 amide bonds. The fourth-order valence-electron chi connectivity index (χ4n) is 4.69. The maximum absolute atomic E-state index is 11.6. The van der Waals surface area contributed by atoms with Crippen molar-refractivity contribution in [2.24, 2.45) is 4.99 Å². The summed E-state index contributed by atoms with van der Waals surface area (Å²) in [6, 6.07) is 8.17. The third kappa shape index (κ3) is 4.18. The lowest BCUT2D eigenvalue weighted by molar-refractivity contribution is 0.0681. The van der Waals surface area contributed by atoms with Crippen molar-refractivity contribution in [2.75, 3.05) is 63.3 Å². The molecule has 9 heteroatoms. The SMILES string of the molecule is CNC(=O)Nc1ccc(-n2cc3c(c2)N(C2CCNCC2)CN=C3N2CCOCC2)cc1. The number of amides is 2. The number of nitrogens with zero attached hydrogens (tertiary/aromatic N) is 4. The molecule has 1 aromatic heterocycles. The number of carbonyl (C=O) groups excluding carboxylic acids is 1. The number of anilines is 2. The van der Waals surface area contributed by atoms with E-state index in [-0.39, 0.29) is 6.03 Å². The molecule has 5 rings (SSSR count). The van der Waals surface area contributed by atoms with Crippen LogP contribution in [0.4, 0.5) is 16.2 Å². The zero-order valence-electron chi connectivity index (χ0n) is 18.5. The van der Waals surface area contributed by atoms with Crippen LogP contribution in [0.5, 0.6) is 0 Å². The minimum Gasteiger partial charge on any atom is -0.378 e. The second-order valence-corrected chi connectivity index (χ2v) is 8.39. The number of rotatable bonds is 3. The van der Waals surface area contributed by atoms with Crippen molar-refractivity contribution in [3.63, 3.8) is 0 Å². The number of nitrogens with one attached hydrogen (secondary N) is 3. The van der Waals surface area contributed by atoms with Crippen LogP contribution < -0.4 is 20.9 Å². The molecule has 9 nitrogen and oxygen atoms in total. The van der Waals surface area contributed by atoms with Crippen molar-refractivity contribution >= 4 is 23.2 Å². The third-order valence-corrected chi connectivity index (χ3v) is 6.44.